The Morgan fingerprint density at radius 2 is 1.67 bits per heavy atom. The molecule has 0 spiro atoms. The van der Waals surface area contributed by atoms with Gasteiger partial charge < -0.3 is 25.8 Å². The van der Waals surface area contributed by atoms with Crippen molar-refractivity contribution >= 4 is 41.9 Å². The van der Waals surface area contributed by atoms with Gasteiger partial charge in [0.2, 0.25) is 30.0 Å². The maximum atomic E-state index is 12.6. The number of ether oxygens (including phenoxy) is 1. The highest BCUT2D eigenvalue weighted by Gasteiger charge is 2.24. The SMILES string of the molecule is CCC(C)C(=O)N(C=O)CCCCCC(=O)NC(C(=O)NCC(=O)Nc1ccc(COC(=O)O)cc1)C(C)C. The Kier molecular flexibility index (Phi) is 14.9. The number of rotatable bonds is 17. The van der Waals surface area contributed by atoms with E-state index >= 15 is 0 Å². The molecular weight excluding hydrogens is 508 g/mol. The van der Waals surface area contributed by atoms with Gasteiger partial charge in [-0.05, 0) is 42.9 Å². The fourth-order valence-electron chi connectivity index (χ4n) is 3.51. The van der Waals surface area contributed by atoms with Gasteiger partial charge in [0.25, 0.3) is 0 Å². The van der Waals surface area contributed by atoms with E-state index in [9.17, 15) is 28.8 Å². The predicted molar refractivity (Wildman–Crippen MR) is 143 cm³/mol. The fourth-order valence-corrected chi connectivity index (χ4v) is 3.51. The Labute approximate surface area is 228 Å². The number of nitrogens with one attached hydrogen (secondary N) is 3. The summed E-state index contributed by atoms with van der Waals surface area (Å²) in [5.74, 6) is -1.90. The maximum absolute atomic E-state index is 12.6. The average Bonchev–Trinajstić information content (AvgIpc) is 2.90. The van der Waals surface area contributed by atoms with Crippen molar-refractivity contribution in [3.63, 3.8) is 0 Å². The summed E-state index contributed by atoms with van der Waals surface area (Å²) in [4.78, 5) is 72.2. The first-order valence-corrected chi connectivity index (χ1v) is 13.1. The fraction of sp³-hybridized carbons (Fsp3) is 0.556. The third-order valence-corrected chi connectivity index (χ3v) is 6.04. The number of unbranched alkanes of at least 4 members (excludes halogenated alkanes) is 2. The molecule has 0 aliphatic heterocycles. The van der Waals surface area contributed by atoms with E-state index in [2.05, 4.69) is 20.7 Å². The van der Waals surface area contributed by atoms with Crippen LogP contribution in [0.5, 0.6) is 0 Å². The van der Waals surface area contributed by atoms with Crippen LogP contribution >= 0.6 is 0 Å². The van der Waals surface area contributed by atoms with Gasteiger partial charge >= 0.3 is 6.16 Å². The number of carbonyl (C=O) groups excluding carboxylic acids is 5. The smallest absolute Gasteiger partial charge is 0.450 e. The number of hydrogen-bond donors (Lipinski definition) is 4. The molecule has 0 radical (unpaired) electrons. The molecule has 1 rings (SSSR count). The van der Waals surface area contributed by atoms with Gasteiger partial charge in [0.05, 0.1) is 6.54 Å². The van der Waals surface area contributed by atoms with E-state index < -0.39 is 24.0 Å². The third-order valence-electron chi connectivity index (χ3n) is 6.04. The normalized spacial score (nSPS) is 12.1. The molecule has 5 amide bonds. The van der Waals surface area contributed by atoms with Gasteiger partial charge in [0, 0.05) is 24.6 Å². The molecule has 0 saturated carbocycles. The van der Waals surface area contributed by atoms with Crippen LogP contribution in [-0.2, 0) is 35.3 Å². The highest BCUT2D eigenvalue weighted by atomic mass is 16.7. The highest BCUT2D eigenvalue weighted by Crippen LogP contribution is 2.11. The number of carbonyl (C=O) groups is 6. The summed E-state index contributed by atoms with van der Waals surface area (Å²) in [5, 5.41) is 16.4. The first-order valence-electron chi connectivity index (χ1n) is 13.1. The molecular formula is C27H40N4O8. The van der Waals surface area contributed by atoms with Crippen molar-refractivity contribution in [3.8, 4) is 0 Å². The second-order valence-corrected chi connectivity index (χ2v) is 9.56. The van der Waals surface area contributed by atoms with Gasteiger partial charge in [-0.15, -0.1) is 0 Å². The minimum absolute atomic E-state index is 0.111. The number of carboxylic acid groups (broad SMARTS) is 1. The monoisotopic (exact) mass is 548 g/mol. The van der Waals surface area contributed by atoms with Crippen LogP contribution in [-0.4, -0.2) is 65.3 Å². The van der Waals surface area contributed by atoms with Crippen molar-refractivity contribution < 1.29 is 38.6 Å². The number of nitrogens with zero attached hydrogens (tertiary/aromatic N) is 1. The summed E-state index contributed by atoms with van der Waals surface area (Å²) in [6.45, 7) is 7.11. The second kappa shape index (κ2) is 17.5. The molecule has 12 nitrogen and oxygen atoms in total. The van der Waals surface area contributed by atoms with Crippen LogP contribution < -0.4 is 16.0 Å². The van der Waals surface area contributed by atoms with E-state index in [0.717, 1.165) is 0 Å². The minimum Gasteiger partial charge on any atom is -0.450 e. The number of imide groups is 1. The molecule has 0 aromatic heterocycles. The highest BCUT2D eigenvalue weighted by molar-refractivity contribution is 5.96. The Morgan fingerprint density at radius 1 is 1.00 bits per heavy atom. The molecule has 0 aliphatic rings. The number of amides is 5. The van der Waals surface area contributed by atoms with Crippen LogP contribution in [0.15, 0.2) is 24.3 Å². The van der Waals surface area contributed by atoms with Crippen LogP contribution in [0.3, 0.4) is 0 Å². The molecule has 12 heteroatoms. The Balaban J connectivity index is 2.42. The zero-order valence-corrected chi connectivity index (χ0v) is 23.0. The summed E-state index contributed by atoms with van der Waals surface area (Å²) in [6.07, 6.45) is 1.75. The van der Waals surface area contributed by atoms with Crippen molar-refractivity contribution in [1.82, 2.24) is 15.5 Å². The van der Waals surface area contributed by atoms with Gasteiger partial charge in [-0.25, -0.2) is 4.79 Å². The molecule has 0 fully saturated rings. The van der Waals surface area contributed by atoms with Gasteiger partial charge in [0.15, 0.2) is 0 Å². The van der Waals surface area contributed by atoms with Crippen molar-refractivity contribution in [1.29, 1.82) is 0 Å². The third kappa shape index (κ3) is 12.9. The predicted octanol–water partition coefficient (Wildman–Crippen LogP) is 2.67. The lowest BCUT2D eigenvalue weighted by molar-refractivity contribution is -0.141. The molecule has 0 saturated heterocycles. The van der Waals surface area contributed by atoms with E-state index in [1.807, 2.05) is 6.92 Å². The number of anilines is 1. The Hall–Kier alpha value is -3.96. The molecule has 4 N–H and O–H groups in total. The Bertz CT molecular complexity index is 981. The van der Waals surface area contributed by atoms with E-state index in [1.54, 1.807) is 45.0 Å². The molecule has 1 aromatic rings. The molecule has 1 aromatic carbocycles. The molecule has 2 unspecified atom stereocenters. The molecule has 2 atom stereocenters. The van der Waals surface area contributed by atoms with Crippen molar-refractivity contribution in [2.45, 2.75) is 72.4 Å². The standard InChI is InChI=1S/C27H40N4O8/c1-5-19(4)26(36)31(17-32)14-8-6-7-9-22(33)30-24(18(2)3)25(35)28-15-23(34)29-21-12-10-20(11-13-21)16-39-27(37)38/h10-13,17-19,24H,5-9,14-16H2,1-4H3,(H,28,35)(H,29,34)(H,30,33)(H,37,38). The van der Waals surface area contributed by atoms with Crippen LogP contribution in [0.1, 0.15) is 65.4 Å². The van der Waals surface area contributed by atoms with Gasteiger partial charge in [-0.2, -0.15) is 0 Å². The van der Waals surface area contributed by atoms with Crippen molar-refractivity contribution in [3.05, 3.63) is 29.8 Å². The molecule has 39 heavy (non-hydrogen) atoms. The zero-order valence-electron chi connectivity index (χ0n) is 23.0. The first kappa shape index (κ1) is 33.1. The minimum atomic E-state index is -1.38. The summed E-state index contributed by atoms with van der Waals surface area (Å²) in [7, 11) is 0. The topological polar surface area (TPSA) is 171 Å². The van der Waals surface area contributed by atoms with Crippen LogP contribution in [0.2, 0.25) is 0 Å². The summed E-state index contributed by atoms with van der Waals surface area (Å²) >= 11 is 0. The summed E-state index contributed by atoms with van der Waals surface area (Å²) in [6, 6.07) is 5.55. The lowest BCUT2D eigenvalue weighted by atomic mass is 10.0. The van der Waals surface area contributed by atoms with Crippen LogP contribution in [0.25, 0.3) is 0 Å². The van der Waals surface area contributed by atoms with E-state index in [1.165, 1.54) is 4.90 Å². The van der Waals surface area contributed by atoms with Gasteiger partial charge in [0.1, 0.15) is 12.6 Å². The molecule has 0 aliphatic carbocycles. The van der Waals surface area contributed by atoms with Gasteiger partial charge in [-0.3, -0.25) is 28.9 Å². The molecule has 0 heterocycles. The number of hydrogen-bond acceptors (Lipinski definition) is 7. The van der Waals surface area contributed by atoms with Crippen molar-refractivity contribution in [2.24, 2.45) is 11.8 Å². The average molecular weight is 549 g/mol. The van der Waals surface area contributed by atoms with E-state index in [0.29, 0.717) is 49.9 Å². The lowest BCUT2D eigenvalue weighted by Crippen LogP contribution is -2.51. The van der Waals surface area contributed by atoms with Crippen LogP contribution in [0.4, 0.5) is 10.5 Å². The Morgan fingerprint density at radius 3 is 2.23 bits per heavy atom. The summed E-state index contributed by atoms with van der Waals surface area (Å²) in [5.41, 5.74) is 1.07. The van der Waals surface area contributed by atoms with E-state index in [-0.39, 0.29) is 43.2 Å². The second-order valence-electron chi connectivity index (χ2n) is 9.56. The largest absolute Gasteiger partial charge is 0.506 e. The van der Waals surface area contributed by atoms with Gasteiger partial charge in [-0.1, -0.05) is 46.2 Å². The quantitative estimate of drug-likeness (QED) is 0.131. The summed E-state index contributed by atoms with van der Waals surface area (Å²) < 4.78 is 4.47. The molecule has 216 valence electrons. The maximum Gasteiger partial charge on any atom is 0.506 e. The lowest BCUT2D eigenvalue weighted by Gasteiger charge is -2.22. The van der Waals surface area contributed by atoms with Crippen LogP contribution in [0, 0.1) is 11.8 Å². The van der Waals surface area contributed by atoms with E-state index in [4.69, 9.17) is 5.11 Å². The molecule has 0 bridgehead atoms. The first-order chi connectivity index (χ1) is 18.5. The van der Waals surface area contributed by atoms with Crippen molar-refractivity contribution in [2.75, 3.05) is 18.4 Å². The number of benzene rings is 1. The zero-order chi connectivity index (χ0) is 29.4.